The summed E-state index contributed by atoms with van der Waals surface area (Å²) < 4.78 is 12.0. The molecule has 5 rings (SSSR count). The van der Waals surface area contributed by atoms with Gasteiger partial charge in [-0.1, -0.05) is 30.3 Å². The minimum absolute atomic E-state index is 0.111. The summed E-state index contributed by atoms with van der Waals surface area (Å²) in [4.78, 5) is 23.5. The molecule has 0 spiro atoms. The van der Waals surface area contributed by atoms with Crippen LogP contribution in [0.1, 0.15) is 0 Å². The van der Waals surface area contributed by atoms with E-state index in [1.165, 1.54) is 0 Å². The first-order chi connectivity index (χ1) is 16.6. The number of benzene rings is 2. The second-order valence-corrected chi connectivity index (χ2v) is 8.62. The lowest BCUT2D eigenvalue weighted by atomic mass is 10.1. The maximum Gasteiger partial charge on any atom is 0.319 e. The van der Waals surface area contributed by atoms with E-state index in [1.807, 2.05) is 62.6 Å². The number of amides is 2. The molecule has 3 aromatic rings. The highest BCUT2D eigenvalue weighted by molar-refractivity contribution is 5.89. The van der Waals surface area contributed by atoms with Crippen molar-refractivity contribution in [2.75, 3.05) is 42.8 Å². The van der Waals surface area contributed by atoms with Crippen molar-refractivity contribution in [3.05, 3.63) is 66.9 Å². The topological polar surface area (TPSA) is 101 Å². The molecule has 1 aromatic heterocycles. The zero-order valence-corrected chi connectivity index (χ0v) is 19.1. The summed E-state index contributed by atoms with van der Waals surface area (Å²) in [6.45, 7) is 0.827. The molecule has 176 valence electrons. The van der Waals surface area contributed by atoms with Crippen LogP contribution in [0.25, 0.3) is 11.3 Å². The number of hydrogen-bond acceptors (Lipinski definition) is 7. The van der Waals surface area contributed by atoms with E-state index in [9.17, 15) is 4.79 Å². The second kappa shape index (κ2) is 9.66. The summed E-state index contributed by atoms with van der Waals surface area (Å²) in [5.41, 5.74) is 3.71. The van der Waals surface area contributed by atoms with Crippen LogP contribution < -0.4 is 20.9 Å². The summed E-state index contributed by atoms with van der Waals surface area (Å²) in [7, 11) is 4.03. The largest absolute Gasteiger partial charge is 0.378 e. The fourth-order valence-electron chi connectivity index (χ4n) is 4.29. The van der Waals surface area contributed by atoms with E-state index in [0.717, 1.165) is 22.6 Å². The Kier molecular flexibility index (Phi) is 6.29. The van der Waals surface area contributed by atoms with Crippen LogP contribution in [0.15, 0.2) is 66.9 Å². The van der Waals surface area contributed by atoms with E-state index in [1.54, 1.807) is 6.20 Å². The van der Waals surface area contributed by atoms with Crippen LogP contribution in [-0.4, -0.2) is 67.6 Å². The second-order valence-electron chi connectivity index (χ2n) is 8.62. The molecule has 2 saturated heterocycles. The van der Waals surface area contributed by atoms with Gasteiger partial charge in [0.05, 0.1) is 31.0 Å². The quantitative estimate of drug-likeness (QED) is 0.520. The van der Waals surface area contributed by atoms with Crippen molar-refractivity contribution in [1.82, 2.24) is 15.3 Å². The van der Waals surface area contributed by atoms with Gasteiger partial charge in [-0.2, -0.15) is 0 Å². The van der Waals surface area contributed by atoms with Crippen LogP contribution in [0.5, 0.6) is 0 Å². The number of hydrogen-bond donors (Lipinski definition) is 3. The molecule has 4 unspecified atom stereocenters. The van der Waals surface area contributed by atoms with Gasteiger partial charge in [-0.05, 0) is 30.3 Å². The number of para-hydroxylation sites is 1. The van der Waals surface area contributed by atoms with E-state index in [0.29, 0.717) is 19.2 Å². The molecule has 2 aromatic carbocycles. The van der Waals surface area contributed by atoms with Crippen molar-refractivity contribution in [1.29, 1.82) is 0 Å². The third-order valence-corrected chi connectivity index (χ3v) is 6.05. The van der Waals surface area contributed by atoms with E-state index in [-0.39, 0.29) is 30.3 Å². The summed E-state index contributed by atoms with van der Waals surface area (Å²) in [5, 5.41) is 9.15. The number of carbonyl (C=O) groups excluding carboxylic acids is 1. The van der Waals surface area contributed by atoms with Gasteiger partial charge in [-0.3, -0.25) is 0 Å². The van der Waals surface area contributed by atoms with E-state index >= 15 is 0 Å². The van der Waals surface area contributed by atoms with Gasteiger partial charge in [-0.25, -0.2) is 14.8 Å². The number of nitrogens with zero attached hydrogens (tertiary/aromatic N) is 3. The van der Waals surface area contributed by atoms with Crippen LogP contribution in [0.3, 0.4) is 0 Å². The number of ether oxygens (including phenoxy) is 2. The lowest BCUT2D eigenvalue weighted by Gasteiger charge is -2.19. The zero-order valence-electron chi connectivity index (χ0n) is 19.1. The maximum absolute atomic E-state index is 12.4. The molecule has 2 aliphatic heterocycles. The van der Waals surface area contributed by atoms with Crippen molar-refractivity contribution in [2.45, 2.75) is 24.3 Å². The molecular formula is C25H28N6O3. The van der Waals surface area contributed by atoms with E-state index < -0.39 is 0 Å². The molecule has 0 saturated carbocycles. The summed E-state index contributed by atoms with van der Waals surface area (Å²) in [6, 6.07) is 18.8. The van der Waals surface area contributed by atoms with Crippen molar-refractivity contribution in [3.63, 3.8) is 0 Å². The van der Waals surface area contributed by atoms with Crippen molar-refractivity contribution in [2.24, 2.45) is 0 Å². The summed E-state index contributed by atoms with van der Waals surface area (Å²) >= 11 is 0. The Morgan fingerprint density at radius 1 is 0.941 bits per heavy atom. The number of rotatable bonds is 6. The number of anilines is 3. The first-order valence-electron chi connectivity index (χ1n) is 11.3. The minimum Gasteiger partial charge on any atom is -0.378 e. The Bertz CT molecular complexity index is 1130. The standard InChI is InChI=1S/C25H28N6O3/c1-31(2)18-10-8-16(9-11-18)19-12-13-26-24(28-19)29-20-14-33-23-21(15-34-22(20)23)30-25(32)27-17-6-4-3-5-7-17/h3-13,20-23H,14-15H2,1-2H3,(H,26,28,29)(H2,27,30,32). The first kappa shape index (κ1) is 22.1. The van der Waals surface area contributed by atoms with Gasteiger partial charge in [0.15, 0.2) is 0 Å². The molecule has 4 atom stereocenters. The van der Waals surface area contributed by atoms with Gasteiger partial charge >= 0.3 is 6.03 Å². The van der Waals surface area contributed by atoms with Crippen molar-refractivity contribution >= 4 is 23.4 Å². The highest BCUT2D eigenvalue weighted by Crippen LogP contribution is 2.29. The molecule has 2 aliphatic rings. The summed E-state index contributed by atoms with van der Waals surface area (Å²) in [6.07, 6.45) is 1.31. The number of fused-ring (bicyclic) bond motifs is 1. The fraction of sp³-hybridized carbons (Fsp3) is 0.320. The van der Waals surface area contributed by atoms with Crippen molar-refractivity contribution in [3.8, 4) is 11.3 Å². The molecule has 9 heteroatoms. The maximum atomic E-state index is 12.4. The highest BCUT2D eigenvalue weighted by Gasteiger charge is 2.48. The molecule has 3 N–H and O–H groups in total. The molecule has 0 bridgehead atoms. The van der Waals surface area contributed by atoms with Gasteiger partial charge in [0.1, 0.15) is 12.2 Å². The van der Waals surface area contributed by atoms with Crippen molar-refractivity contribution < 1.29 is 14.3 Å². The average molecular weight is 461 g/mol. The third kappa shape index (κ3) is 4.80. The predicted octanol–water partition coefficient (Wildman–Crippen LogP) is 2.98. The predicted molar refractivity (Wildman–Crippen MR) is 131 cm³/mol. The van der Waals surface area contributed by atoms with E-state index in [4.69, 9.17) is 9.47 Å². The smallest absolute Gasteiger partial charge is 0.319 e. The van der Waals surface area contributed by atoms with Gasteiger partial charge in [-0.15, -0.1) is 0 Å². The van der Waals surface area contributed by atoms with Crippen LogP contribution in [0.4, 0.5) is 22.1 Å². The Morgan fingerprint density at radius 2 is 1.65 bits per heavy atom. The minimum atomic E-state index is -0.281. The molecule has 34 heavy (non-hydrogen) atoms. The Labute approximate surface area is 198 Å². The van der Waals surface area contributed by atoms with Crippen LogP contribution in [0.2, 0.25) is 0 Å². The Balaban J connectivity index is 1.20. The number of carbonyl (C=O) groups is 1. The molecular weight excluding hydrogens is 432 g/mol. The average Bonchev–Trinajstić information content (AvgIpc) is 3.43. The van der Waals surface area contributed by atoms with Gasteiger partial charge in [0.2, 0.25) is 5.95 Å². The zero-order chi connectivity index (χ0) is 23.5. The van der Waals surface area contributed by atoms with Crippen LogP contribution in [-0.2, 0) is 9.47 Å². The van der Waals surface area contributed by atoms with E-state index in [2.05, 4.69) is 43.0 Å². The monoisotopic (exact) mass is 460 g/mol. The Hall–Kier alpha value is -3.69. The van der Waals surface area contributed by atoms with Gasteiger partial charge in [0.25, 0.3) is 0 Å². The molecule has 2 fully saturated rings. The van der Waals surface area contributed by atoms with Gasteiger partial charge in [0, 0.05) is 37.2 Å². The molecule has 0 radical (unpaired) electrons. The summed E-state index contributed by atoms with van der Waals surface area (Å²) in [5.74, 6) is 0.519. The molecule has 9 nitrogen and oxygen atoms in total. The fourth-order valence-corrected chi connectivity index (χ4v) is 4.29. The van der Waals surface area contributed by atoms with Crippen LogP contribution >= 0.6 is 0 Å². The SMILES string of the molecule is CN(C)c1ccc(-c2ccnc(NC3COC4C(NC(=O)Nc5ccccc5)COC34)n2)cc1. The third-order valence-electron chi connectivity index (χ3n) is 6.05. The first-order valence-corrected chi connectivity index (χ1v) is 11.3. The Morgan fingerprint density at radius 3 is 2.38 bits per heavy atom. The number of nitrogens with one attached hydrogen (secondary N) is 3. The highest BCUT2D eigenvalue weighted by atomic mass is 16.6. The number of aromatic nitrogens is 2. The normalized spacial score (nSPS) is 23.2. The molecule has 2 amide bonds. The number of urea groups is 1. The molecule has 0 aliphatic carbocycles. The van der Waals surface area contributed by atoms with Gasteiger partial charge < -0.3 is 30.3 Å². The lowest BCUT2D eigenvalue weighted by molar-refractivity contribution is 0.0683. The van der Waals surface area contributed by atoms with Crippen LogP contribution in [0, 0.1) is 0 Å². The molecule has 3 heterocycles. The lowest BCUT2D eigenvalue weighted by Crippen LogP contribution is -2.46.